The van der Waals surface area contributed by atoms with Crippen LogP contribution in [0.3, 0.4) is 0 Å². The van der Waals surface area contributed by atoms with Crippen LogP contribution >= 0.6 is 0 Å². The van der Waals surface area contributed by atoms with E-state index in [1.165, 1.54) is 4.31 Å². The SMILES string of the molecule is Cc1ccc(S(=O)(=O)N(CC(=O)Nc2ccc(N3CCCC3=O)c(C)c2)c2cccc(C)c2C)cc1. The van der Waals surface area contributed by atoms with E-state index in [0.717, 1.165) is 34.4 Å². The van der Waals surface area contributed by atoms with Crippen LogP contribution in [-0.4, -0.2) is 33.3 Å². The highest BCUT2D eigenvalue weighted by molar-refractivity contribution is 7.92. The molecule has 0 spiro atoms. The molecule has 0 radical (unpaired) electrons. The molecule has 0 unspecified atom stereocenters. The van der Waals surface area contributed by atoms with Crippen LogP contribution < -0.4 is 14.5 Å². The average Bonchev–Trinajstić information content (AvgIpc) is 3.25. The van der Waals surface area contributed by atoms with E-state index in [2.05, 4.69) is 5.32 Å². The normalized spacial score (nSPS) is 13.7. The minimum absolute atomic E-state index is 0.0976. The summed E-state index contributed by atoms with van der Waals surface area (Å²) in [5.74, 6) is -0.364. The third-order valence-electron chi connectivity index (χ3n) is 6.59. The lowest BCUT2D eigenvalue weighted by molar-refractivity contribution is -0.117. The van der Waals surface area contributed by atoms with Gasteiger partial charge < -0.3 is 10.2 Å². The fourth-order valence-electron chi connectivity index (χ4n) is 4.41. The van der Waals surface area contributed by atoms with E-state index in [1.807, 2.05) is 39.8 Å². The molecule has 0 saturated carbocycles. The Hall–Kier alpha value is -3.65. The smallest absolute Gasteiger partial charge is 0.264 e. The predicted octanol–water partition coefficient (Wildman–Crippen LogP) is 4.88. The fraction of sp³-hybridized carbons (Fsp3) is 0.286. The highest BCUT2D eigenvalue weighted by atomic mass is 32.2. The van der Waals surface area contributed by atoms with Crippen molar-refractivity contribution in [3.63, 3.8) is 0 Å². The van der Waals surface area contributed by atoms with Crippen molar-refractivity contribution < 1.29 is 18.0 Å². The van der Waals surface area contributed by atoms with Crippen molar-refractivity contribution in [3.8, 4) is 0 Å². The zero-order valence-electron chi connectivity index (χ0n) is 21.0. The van der Waals surface area contributed by atoms with E-state index in [-0.39, 0.29) is 17.3 Å². The third kappa shape index (κ3) is 5.14. The number of aryl methyl sites for hydroxylation is 3. The average molecular weight is 506 g/mol. The van der Waals surface area contributed by atoms with Gasteiger partial charge in [-0.25, -0.2) is 8.42 Å². The van der Waals surface area contributed by atoms with Crippen molar-refractivity contribution in [2.24, 2.45) is 0 Å². The van der Waals surface area contributed by atoms with Gasteiger partial charge in [0.1, 0.15) is 6.54 Å². The maximum atomic E-state index is 13.7. The first-order chi connectivity index (χ1) is 17.1. The molecule has 4 rings (SSSR count). The number of hydrogen-bond donors (Lipinski definition) is 1. The molecule has 2 amide bonds. The number of carbonyl (C=O) groups is 2. The summed E-state index contributed by atoms with van der Waals surface area (Å²) in [5.41, 5.74) is 5.36. The van der Waals surface area contributed by atoms with Crippen LogP contribution in [0.5, 0.6) is 0 Å². The van der Waals surface area contributed by atoms with Crippen LogP contribution in [0.1, 0.15) is 35.1 Å². The summed E-state index contributed by atoms with van der Waals surface area (Å²) in [6, 6.07) is 17.4. The van der Waals surface area contributed by atoms with E-state index in [4.69, 9.17) is 0 Å². The van der Waals surface area contributed by atoms with Gasteiger partial charge in [0.25, 0.3) is 10.0 Å². The second kappa shape index (κ2) is 10.1. The molecule has 36 heavy (non-hydrogen) atoms. The number of hydrogen-bond acceptors (Lipinski definition) is 4. The van der Waals surface area contributed by atoms with Gasteiger partial charge in [-0.05, 0) is 87.2 Å². The molecular formula is C28H31N3O4S. The summed E-state index contributed by atoms with van der Waals surface area (Å²) in [6.07, 6.45) is 1.38. The number of benzene rings is 3. The van der Waals surface area contributed by atoms with Gasteiger partial charge in [0.05, 0.1) is 10.6 Å². The second-order valence-corrected chi connectivity index (χ2v) is 11.1. The molecule has 0 bridgehead atoms. The highest BCUT2D eigenvalue weighted by Crippen LogP contribution is 2.30. The molecule has 0 atom stereocenters. The number of anilines is 3. The second-order valence-electron chi connectivity index (χ2n) is 9.24. The van der Waals surface area contributed by atoms with E-state index < -0.39 is 15.9 Å². The van der Waals surface area contributed by atoms with E-state index >= 15 is 0 Å². The van der Waals surface area contributed by atoms with E-state index in [9.17, 15) is 18.0 Å². The number of carbonyl (C=O) groups excluding carboxylic acids is 2. The van der Waals surface area contributed by atoms with Crippen LogP contribution in [0, 0.1) is 27.7 Å². The van der Waals surface area contributed by atoms with Crippen LogP contribution in [0.4, 0.5) is 17.1 Å². The van der Waals surface area contributed by atoms with Crippen LogP contribution in [-0.2, 0) is 19.6 Å². The van der Waals surface area contributed by atoms with Crippen molar-refractivity contribution in [2.45, 2.75) is 45.4 Å². The Morgan fingerprint density at radius 1 is 0.972 bits per heavy atom. The molecule has 1 fully saturated rings. The Labute approximate surface area is 212 Å². The number of sulfonamides is 1. The van der Waals surface area contributed by atoms with Crippen LogP contribution in [0.15, 0.2) is 65.6 Å². The lowest BCUT2D eigenvalue weighted by Crippen LogP contribution is -2.38. The number of nitrogens with zero attached hydrogens (tertiary/aromatic N) is 2. The molecule has 0 aromatic heterocycles. The Morgan fingerprint density at radius 2 is 1.69 bits per heavy atom. The summed E-state index contributed by atoms with van der Waals surface area (Å²) in [7, 11) is -4.00. The summed E-state index contributed by atoms with van der Waals surface area (Å²) in [5, 5.41) is 2.83. The molecule has 3 aromatic rings. The Balaban J connectivity index is 1.62. The Kier molecular flexibility index (Phi) is 7.17. The summed E-state index contributed by atoms with van der Waals surface area (Å²) < 4.78 is 28.5. The van der Waals surface area contributed by atoms with Gasteiger partial charge >= 0.3 is 0 Å². The first-order valence-electron chi connectivity index (χ1n) is 11.9. The standard InChI is InChI=1S/C28H31N3O4S/c1-19-10-13-24(14-11-19)36(34,35)31(26-8-5-7-20(2)22(26)4)18-27(32)29-23-12-15-25(21(3)17-23)30-16-6-9-28(30)33/h5,7-8,10-15,17H,6,9,16,18H2,1-4H3,(H,29,32). The van der Waals surface area contributed by atoms with Gasteiger partial charge in [0.2, 0.25) is 11.8 Å². The van der Waals surface area contributed by atoms with E-state index in [0.29, 0.717) is 24.3 Å². The van der Waals surface area contributed by atoms with Gasteiger partial charge in [-0.3, -0.25) is 13.9 Å². The Bertz CT molecular complexity index is 1420. The van der Waals surface area contributed by atoms with Gasteiger partial charge in [-0.15, -0.1) is 0 Å². The van der Waals surface area contributed by atoms with Gasteiger partial charge in [0.15, 0.2) is 0 Å². The van der Waals surface area contributed by atoms with Crippen LogP contribution in [0.2, 0.25) is 0 Å². The molecule has 0 aliphatic carbocycles. The largest absolute Gasteiger partial charge is 0.325 e. The molecule has 1 aliphatic heterocycles. The quantitative estimate of drug-likeness (QED) is 0.496. The highest BCUT2D eigenvalue weighted by Gasteiger charge is 2.29. The molecule has 1 heterocycles. The first kappa shape index (κ1) is 25.4. The maximum absolute atomic E-state index is 13.7. The number of nitrogens with one attached hydrogen (secondary N) is 1. The number of rotatable bonds is 7. The molecule has 3 aromatic carbocycles. The Morgan fingerprint density at radius 3 is 2.33 bits per heavy atom. The lowest BCUT2D eigenvalue weighted by Gasteiger charge is -2.26. The predicted molar refractivity (Wildman–Crippen MR) is 143 cm³/mol. The van der Waals surface area contributed by atoms with Crippen molar-refractivity contribution in [2.75, 3.05) is 27.6 Å². The molecular weight excluding hydrogens is 474 g/mol. The monoisotopic (exact) mass is 505 g/mol. The molecule has 1 saturated heterocycles. The zero-order chi connectivity index (χ0) is 26.0. The zero-order valence-corrected chi connectivity index (χ0v) is 21.9. The maximum Gasteiger partial charge on any atom is 0.264 e. The van der Waals surface area contributed by atoms with Gasteiger partial charge in [-0.1, -0.05) is 29.8 Å². The molecule has 1 aliphatic rings. The molecule has 1 N–H and O–H groups in total. The van der Waals surface area contributed by atoms with Crippen molar-refractivity contribution in [3.05, 3.63) is 82.9 Å². The lowest BCUT2D eigenvalue weighted by atomic mass is 10.1. The third-order valence-corrected chi connectivity index (χ3v) is 8.36. The van der Waals surface area contributed by atoms with Crippen molar-refractivity contribution in [1.29, 1.82) is 0 Å². The van der Waals surface area contributed by atoms with Crippen molar-refractivity contribution in [1.82, 2.24) is 0 Å². The molecule has 7 nitrogen and oxygen atoms in total. The minimum Gasteiger partial charge on any atom is -0.325 e. The fourth-order valence-corrected chi connectivity index (χ4v) is 5.89. The first-order valence-corrected chi connectivity index (χ1v) is 13.4. The summed E-state index contributed by atoms with van der Waals surface area (Å²) in [4.78, 5) is 27.2. The van der Waals surface area contributed by atoms with Crippen molar-refractivity contribution >= 4 is 38.9 Å². The van der Waals surface area contributed by atoms with Gasteiger partial charge in [-0.2, -0.15) is 0 Å². The molecule has 8 heteroatoms. The van der Waals surface area contributed by atoms with E-state index in [1.54, 1.807) is 53.4 Å². The minimum atomic E-state index is -4.00. The summed E-state index contributed by atoms with van der Waals surface area (Å²) in [6.45, 7) is 7.84. The number of amides is 2. The van der Waals surface area contributed by atoms with Crippen LogP contribution in [0.25, 0.3) is 0 Å². The molecule has 188 valence electrons. The van der Waals surface area contributed by atoms with Gasteiger partial charge in [0, 0.05) is 24.3 Å². The topological polar surface area (TPSA) is 86.8 Å². The summed E-state index contributed by atoms with van der Waals surface area (Å²) >= 11 is 0.